The normalized spacial score (nSPS) is 16.3. The standard InChI is InChI=1S/C20H22N6O3/c21-14-9-17(24-19-18(14)23-11-26(19)20(22)27)25-6-7-28-16-5-4-12(8-15(16)25)10-29-13-2-1-3-13/h4-5,8-9,11,13H,1-3,6-7,10H2,(H2,21,24)(H2,22,27). The third-order valence-electron chi connectivity index (χ3n) is 5.46. The number of amides is 1. The van der Waals surface area contributed by atoms with E-state index in [2.05, 4.69) is 16.0 Å². The highest BCUT2D eigenvalue weighted by Crippen LogP contribution is 2.38. The SMILES string of the molecule is NC(=O)n1cnc2c(N)cc(N3CCOc4ccc(COC5CCC5)cc43)nc21. The van der Waals surface area contributed by atoms with Crippen molar-refractivity contribution in [3.63, 3.8) is 0 Å². The highest BCUT2D eigenvalue weighted by molar-refractivity contribution is 5.93. The summed E-state index contributed by atoms with van der Waals surface area (Å²) in [6, 6.07) is 7.13. The first-order valence-electron chi connectivity index (χ1n) is 9.68. The molecule has 2 aromatic heterocycles. The predicted octanol–water partition coefficient (Wildman–Crippen LogP) is 2.54. The minimum Gasteiger partial charge on any atom is -0.490 e. The van der Waals surface area contributed by atoms with Gasteiger partial charge in [0.05, 0.1) is 30.6 Å². The molecule has 4 N–H and O–H groups in total. The second-order valence-electron chi connectivity index (χ2n) is 7.36. The number of nitrogens with zero attached hydrogens (tertiary/aromatic N) is 4. The van der Waals surface area contributed by atoms with Gasteiger partial charge in [-0.3, -0.25) is 0 Å². The number of primary amides is 1. The lowest BCUT2D eigenvalue weighted by atomic mass is 9.96. The van der Waals surface area contributed by atoms with Crippen molar-refractivity contribution in [2.24, 2.45) is 5.73 Å². The number of nitrogen functional groups attached to an aromatic ring is 1. The van der Waals surface area contributed by atoms with Gasteiger partial charge in [0.15, 0.2) is 5.65 Å². The lowest BCUT2D eigenvalue weighted by molar-refractivity contribution is -0.00866. The monoisotopic (exact) mass is 394 g/mol. The second-order valence-corrected chi connectivity index (χ2v) is 7.36. The molecule has 5 rings (SSSR count). The number of hydrogen-bond acceptors (Lipinski definition) is 7. The molecule has 9 nitrogen and oxygen atoms in total. The number of rotatable bonds is 4. The van der Waals surface area contributed by atoms with Crippen LogP contribution in [0.5, 0.6) is 5.75 Å². The molecule has 1 aromatic carbocycles. The molecular weight excluding hydrogens is 372 g/mol. The molecule has 1 aliphatic carbocycles. The molecule has 0 spiro atoms. The fourth-order valence-corrected chi connectivity index (χ4v) is 3.64. The number of benzene rings is 1. The Morgan fingerprint density at radius 1 is 1.31 bits per heavy atom. The van der Waals surface area contributed by atoms with Crippen LogP contribution in [0.2, 0.25) is 0 Å². The molecule has 2 aliphatic rings. The van der Waals surface area contributed by atoms with E-state index < -0.39 is 6.03 Å². The quantitative estimate of drug-likeness (QED) is 0.697. The Hall–Kier alpha value is -3.33. The van der Waals surface area contributed by atoms with Crippen molar-refractivity contribution in [2.45, 2.75) is 32.0 Å². The number of ether oxygens (including phenoxy) is 2. The van der Waals surface area contributed by atoms with Gasteiger partial charge in [-0.2, -0.15) is 0 Å². The van der Waals surface area contributed by atoms with Crippen LogP contribution in [0.25, 0.3) is 11.2 Å². The molecule has 0 unspecified atom stereocenters. The number of fused-ring (bicyclic) bond motifs is 2. The average Bonchev–Trinajstić information content (AvgIpc) is 3.11. The fourth-order valence-electron chi connectivity index (χ4n) is 3.64. The Morgan fingerprint density at radius 2 is 2.17 bits per heavy atom. The Bertz CT molecular complexity index is 1090. The Balaban J connectivity index is 1.52. The van der Waals surface area contributed by atoms with E-state index in [9.17, 15) is 4.79 Å². The van der Waals surface area contributed by atoms with Gasteiger partial charge in [0.1, 0.15) is 30.0 Å². The van der Waals surface area contributed by atoms with Crippen molar-refractivity contribution in [1.82, 2.24) is 14.5 Å². The second kappa shape index (κ2) is 6.93. The zero-order valence-corrected chi connectivity index (χ0v) is 15.9. The first-order valence-corrected chi connectivity index (χ1v) is 9.68. The maximum Gasteiger partial charge on any atom is 0.325 e. The Morgan fingerprint density at radius 3 is 2.93 bits per heavy atom. The summed E-state index contributed by atoms with van der Waals surface area (Å²) >= 11 is 0. The topological polar surface area (TPSA) is 122 Å². The molecule has 1 saturated carbocycles. The summed E-state index contributed by atoms with van der Waals surface area (Å²) in [6.45, 7) is 1.68. The summed E-state index contributed by atoms with van der Waals surface area (Å²) < 4.78 is 13.0. The lowest BCUT2D eigenvalue weighted by Crippen LogP contribution is -2.30. The Kier molecular flexibility index (Phi) is 4.24. The van der Waals surface area contributed by atoms with Gasteiger partial charge in [-0.1, -0.05) is 6.07 Å². The van der Waals surface area contributed by atoms with Crippen LogP contribution in [0.15, 0.2) is 30.6 Å². The van der Waals surface area contributed by atoms with Crippen molar-refractivity contribution in [2.75, 3.05) is 23.8 Å². The van der Waals surface area contributed by atoms with Crippen LogP contribution >= 0.6 is 0 Å². The highest BCUT2D eigenvalue weighted by atomic mass is 16.5. The van der Waals surface area contributed by atoms with Gasteiger partial charge in [0.2, 0.25) is 0 Å². The van der Waals surface area contributed by atoms with Crippen LogP contribution < -0.4 is 21.1 Å². The van der Waals surface area contributed by atoms with Crippen LogP contribution in [0.3, 0.4) is 0 Å². The van der Waals surface area contributed by atoms with Crippen LogP contribution in [0, 0.1) is 0 Å². The number of imidazole rings is 1. The van der Waals surface area contributed by atoms with Crippen LogP contribution in [0.1, 0.15) is 24.8 Å². The maximum absolute atomic E-state index is 11.7. The first kappa shape index (κ1) is 17.7. The summed E-state index contributed by atoms with van der Waals surface area (Å²) in [7, 11) is 0. The molecule has 150 valence electrons. The van der Waals surface area contributed by atoms with Gasteiger partial charge < -0.3 is 25.8 Å². The number of hydrogen-bond donors (Lipinski definition) is 2. The number of anilines is 3. The zero-order chi connectivity index (χ0) is 20.0. The zero-order valence-electron chi connectivity index (χ0n) is 15.9. The third-order valence-corrected chi connectivity index (χ3v) is 5.46. The molecule has 1 aliphatic heterocycles. The molecule has 3 aromatic rings. The minimum atomic E-state index is -0.658. The molecule has 29 heavy (non-hydrogen) atoms. The van der Waals surface area contributed by atoms with Crippen LogP contribution in [-0.2, 0) is 11.3 Å². The molecule has 0 radical (unpaired) electrons. The molecule has 3 heterocycles. The van der Waals surface area contributed by atoms with Crippen LogP contribution in [0.4, 0.5) is 22.0 Å². The van der Waals surface area contributed by atoms with E-state index in [4.69, 9.17) is 20.9 Å². The first-order chi connectivity index (χ1) is 14.1. The summed E-state index contributed by atoms with van der Waals surface area (Å²) in [5, 5.41) is 0. The molecule has 0 atom stereocenters. The van der Waals surface area contributed by atoms with E-state index in [1.165, 1.54) is 17.3 Å². The average molecular weight is 394 g/mol. The largest absolute Gasteiger partial charge is 0.490 e. The van der Waals surface area contributed by atoms with E-state index in [1.807, 2.05) is 17.0 Å². The lowest BCUT2D eigenvalue weighted by Gasteiger charge is -2.31. The number of carbonyl (C=O) groups is 1. The minimum absolute atomic E-state index is 0.338. The van der Waals surface area contributed by atoms with E-state index in [1.54, 1.807) is 6.07 Å². The number of aromatic nitrogens is 3. The van der Waals surface area contributed by atoms with Gasteiger partial charge in [0.25, 0.3) is 0 Å². The third kappa shape index (κ3) is 3.13. The predicted molar refractivity (Wildman–Crippen MR) is 108 cm³/mol. The van der Waals surface area contributed by atoms with Crippen molar-refractivity contribution in [1.29, 1.82) is 0 Å². The van der Waals surface area contributed by atoms with E-state index in [-0.39, 0.29) is 0 Å². The van der Waals surface area contributed by atoms with Crippen molar-refractivity contribution in [3.05, 3.63) is 36.2 Å². The molecule has 1 fully saturated rings. The summed E-state index contributed by atoms with van der Waals surface area (Å²) in [5.41, 5.74) is 14.8. The van der Waals surface area contributed by atoms with E-state index in [0.29, 0.717) is 48.5 Å². The van der Waals surface area contributed by atoms with Gasteiger partial charge in [-0.15, -0.1) is 0 Å². The number of carbonyl (C=O) groups excluding carboxylic acids is 1. The smallest absolute Gasteiger partial charge is 0.325 e. The van der Waals surface area contributed by atoms with E-state index >= 15 is 0 Å². The van der Waals surface area contributed by atoms with Gasteiger partial charge >= 0.3 is 6.03 Å². The maximum atomic E-state index is 11.7. The molecular formula is C20H22N6O3. The van der Waals surface area contributed by atoms with Crippen molar-refractivity contribution < 1.29 is 14.3 Å². The van der Waals surface area contributed by atoms with Crippen LogP contribution in [-0.4, -0.2) is 39.8 Å². The Labute approximate surface area is 167 Å². The number of pyridine rings is 1. The number of nitrogens with two attached hydrogens (primary N) is 2. The summed E-state index contributed by atoms with van der Waals surface area (Å²) in [4.78, 5) is 22.5. The van der Waals surface area contributed by atoms with Crippen molar-refractivity contribution >= 4 is 34.4 Å². The fraction of sp³-hybridized carbons (Fsp3) is 0.350. The molecule has 9 heteroatoms. The molecule has 0 saturated heterocycles. The van der Waals surface area contributed by atoms with Crippen molar-refractivity contribution in [3.8, 4) is 5.75 Å². The molecule has 0 bridgehead atoms. The summed E-state index contributed by atoms with van der Waals surface area (Å²) in [6.07, 6.45) is 5.22. The van der Waals surface area contributed by atoms with E-state index in [0.717, 1.165) is 29.8 Å². The highest BCUT2D eigenvalue weighted by Gasteiger charge is 2.24. The van der Waals surface area contributed by atoms with Gasteiger partial charge in [0, 0.05) is 6.07 Å². The van der Waals surface area contributed by atoms with Gasteiger partial charge in [-0.25, -0.2) is 19.3 Å². The van der Waals surface area contributed by atoms with Gasteiger partial charge in [-0.05, 0) is 37.0 Å². The molecule has 1 amide bonds. The summed E-state index contributed by atoms with van der Waals surface area (Å²) in [5.74, 6) is 1.38.